The monoisotopic (exact) mass is 321 g/mol. The van der Waals surface area contributed by atoms with Crippen molar-refractivity contribution in [2.75, 3.05) is 0 Å². The number of benzene rings is 1. The average molecular weight is 322 g/mol. The van der Waals surface area contributed by atoms with Crippen LogP contribution in [-0.4, -0.2) is 25.7 Å². The first-order valence-corrected chi connectivity index (χ1v) is 6.81. The van der Waals surface area contributed by atoms with E-state index in [4.69, 9.17) is 28.3 Å². The van der Waals surface area contributed by atoms with Crippen molar-refractivity contribution in [1.82, 2.24) is 14.6 Å². The van der Waals surface area contributed by atoms with Gasteiger partial charge in [0, 0.05) is 17.6 Å². The van der Waals surface area contributed by atoms with Crippen molar-refractivity contribution >= 4 is 34.8 Å². The van der Waals surface area contributed by atoms with Crippen LogP contribution in [0.2, 0.25) is 10.0 Å². The van der Waals surface area contributed by atoms with Crippen LogP contribution in [0.25, 0.3) is 5.65 Å². The van der Waals surface area contributed by atoms with E-state index in [0.29, 0.717) is 22.9 Å². The molecular weight excluding hydrogens is 313 g/mol. The summed E-state index contributed by atoms with van der Waals surface area (Å²) < 4.78 is 1.58. The van der Waals surface area contributed by atoms with Gasteiger partial charge in [0.1, 0.15) is 5.82 Å². The number of nitrogens with zero attached hydrogens (tertiary/aromatic N) is 3. The van der Waals surface area contributed by atoms with Crippen LogP contribution in [0.3, 0.4) is 0 Å². The predicted octanol–water partition coefficient (Wildman–Crippen LogP) is 3.33. The largest absolute Gasteiger partial charge is 0.478 e. The highest BCUT2D eigenvalue weighted by Gasteiger charge is 2.14. The van der Waals surface area contributed by atoms with Gasteiger partial charge in [0.25, 0.3) is 0 Å². The van der Waals surface area contributed by atoms with Gasteiger partial charge in [0.2, 0.25) is 0 Å². The summed E-state index contributed by atoms with van der Waals surface area (Å²) in [7, 11) is 0. The number of aromatic nitrogens is 3. The Morgan fingerprint density at radius 3 is 2.67 bits per heavy atom. The lowest BCUT2D eigenvalue weighted by Crippen LogP contribution is -2.02. The maximum absolute atomic E-state index is 11.1. The van der Waals surface area contributed by atoms with Crippen molar-refractivity contribution in [1.29, 1.82) is 0 Å². The lowest BCUT2D eigenvalue weighted by atomic mass is 10.1. The summed E-state index contributed by atoms with van der Waals surface area (Å²) in [5.74, 6) is -0.487. The van der Waals surface area contributed by atoms with Gasteiger partial charge in [-0.2, -0.15) is 0 Å². The van der Waals surface area contributed by atoms with Gasteiger partial charge in [-0.05, 0) is 17.7 Å². The Morgan fingerprint density at radius 1 is 1.19 bits per heavy atom. The second-order valence-corrected chi connectivity index (χ2v) is 5.27. The number of carboxylic acid groups (broad SMARTS) is 1. The van der Waals surface area contributed by atoms with Crippen molar-refractivity contribution in [3.8, 4) is 0 Å². The van der Waals surface area contributed by atoms with Gasteiger partial charge >= 0.3 is 5.97 Å². The molecule has 0 atom stereocenters. The fourth-order valence-corrected chi connectivity index (χ4v) is 2.50. The molecule has 0 amide bonds. The molecule has 1 N–H and O–H groups in total. The molecule has 2 heterocycles. The van der Waals surface area contributed by atoms with E-state index in [1.807, 2.05) is 18.2 Å². The molecule has 0 saturated heterocycles. The average Bonchev–Trinajstić information content (AvgIpc) is 2.85. The number of aromatic carboxylic acids is 1. The van der Waals surface area contributed by atoms with E-state index in [-0.39, 0.29) is 10.6 Å². The molecule has 5 nitrogen and oxygen atoms in total. The van der Waals surface area contributed by atoms with Crippen LogP contribution in [0.15, 0.2) is 36.5 Å². The number of carboxylic acids is 1. The summed E-state index contributed by atoms with van der Waals surface area (Å²) in [4.78, 5) is 11.1. The number of fused-ring (bicyclic) bond motifs is 1. The zero-order valence-electron chi connectivity index (χ0n) is 10.6. The van der Waals surface area contributed by atoms with Crippen molar-refractivity contribution in [2.24, 2.45) is 0 Å². The highest BCUT2D eigenvalue weighted by atomic mass is 35.5. The summed E-state index contributed by atoms with van der Waals surface area (Å²) in [6, 6.07) is 8.74. The maximum Gasteiger partial charge on any atom is 0.337 e. The van der Waals surface area contributed by atoms with E-state index in [9.17, 15) is 4.79 Å². The minimum atomic E-state index is -1.06. The third kappa shape index (κ3) is 2.57. The molecule has 0 fully saturated rings. The second-order valence-electron chi connectivity index (χ2n) is 4.46. The number of hydrogen-bond donors (Lipinski definition) is 1. The Hall–Kier alpha value is -2.11. The molecule has 3 aromatic rings. The molecule has 0 saturated carbocycles. The van der Waals surface area contributed by atoms with Crippen LogP contribution in [-0.2, 0) is 6.42 Å². The molecule has 0 aliphatic heterocycles. The highest BCUT2D eigenvalue weighted by Crippen LogP contribution is 2.22. The maximum atomic E-state index is 11.1. The minimum absolute atomic E-state index is 0.0766. The van der Waals surface area contributed by atoms with E-state index in [1.165, 1.54) is 12.3 Å². The molecule has 0 spiro atoms. The summed E-state index contributed by atoms with van der Waals surface area (Å²) in [6.45, 7) is 0. The number of rotatable bonds is 3. The van der Waals surface area contributed by atoms with Crippen molar-refractivity contribution in [3.63, 3.8) is 0 Å². The van der Waals surface area contributed by atoms with Crippen LogP contribution < -0.4 is 0 Å². The highest BCUT2D eigenvalue weighted by molar-refractivity contribution is 6.33. The van der Waals surface area contributed by atoms with Crippen molar-refractivity contribution in [2.45, 2.75) is 6.42 Å². The molecule has 21 heavy (non-hydrogen) atoms. The van der Waals surface area contributed by atoms with Gasteiger partial charge in [-0.3, -0.25) is 4.40 Å². The first kappa shape index (κ1) is 13.9. The minimum Gasteiger partial charge on any atom is -0.478 e. The van der Waals surface area contributed by atoms with Gasteiger partial charge in [-0.25, -0.2) is 4.79 Å². The lowest BCUT2D eigenvalue weighted by Gasteiger charge is -2.04. The van der Waals surface area contributed by atoms with Crippen molar-refractivity contribution < 1.29 is 9.90 Å². The van der Waals surface area contributed by atoms with Crippen molar-refractivity contribution in [3.05, 3.63) is 63.5 Å². The topological polar surface area (TPSA) is 67.5 Å². The summed E-state index contributed by atoms with van der Waals surface area (Å²) in [6.07, 6.45) is 1.88. The summed E-state index contributed by atoms with van der Waals surface area (Å²) >= 11 is 12.2. The number of hydrogen-bond acceptors (Lipinski definition) is 3. The molecule has 7 heteroatoms. The number of pyridine rings is 1. The normalized spacial score (nSPS) is 11.0. The van der Waals surface area contributed by atoms with Gasteiger partial charge in [-0.15, -0.1) is 10.2 Å². The van der Waals surface area contributed by atoms with E-state index in [2.05, 4.69) is 10.2 Å². The molecular formula is C14H9Cl2N3O2. The molecule has 0 radical (unpaired) electrons. The molecule has 0 bridgehead atoms. The third-order valence-corrected chi connectivity index (χ3v) is 3.73. The molecule has 0 unspecified atom stereocenters. The van der Waals surface area contributed by atoms with Crippen LogP contribution in [0.1, 0.15) is 21.7 Å². The number of halogens is 2. The fourth-order valence-electron chi connectivity index (χ4n) is 2.05. The fraction of sp³-hybridized carbons (Fsp3) is 0.0714. The second kappa shape index (κ2) is 5.35. The first-order chi connectivity index (χ1) is 10.1. The van der Waals surface area contributed by atoms with Gasteiger partial charge in [0.05, 0.1) is 10.6 Å². The molecule has 0 aliphatic rings. The summed E-state index contributed by atoms with van der Waals surface area (Å²) in [5, 5.41) is 18.0. The van der Waals surface area contributed by atoms with Crippen LogP contribution >= 0.6 is 23.2 Å². The molecule has 2 aromatic heterocycles. The van der Waals surface area contributed by atoms with Crippen LogP contribution in [0.4, 0.5) is 0 Å². The molecule has 3 rings (SSSR count). The smallest absolute Gasteiger partial charge is 0.337 e. The Bertz CT molecular complexity index is 845. The van der Waals surface area contributed by atoms with E-state index in [1.54, 1.807) is 10.5 Å². The Kier molecular flexibility index (Phi) is 3.53. The van der Waals surface area contributed by atoms with Gasteiger partial charge in [-0.1, -0.05) is 41.4 Å². The molecule has 1 aromatic carbocycles. The van der Waals surface area contributed by atoms with E-state index >= 15 is 0 Å². The Labute approximate surface area is 129 Å². The standard InChI is InChI=1S/C14H9Cl2N3O2/c15-10-4-2-1-3-8(10)6-12-17-18-13-11(16)5-9(14(20)21)7-19(12)13/h1-5,7H,6H2,(H,20,21). The van der Waals surface area contributed by atoms with Crippen LogP contribution in [0, 0.1) is 0 Å². The Morgan fingerprint density at radius 2 is 1.95 bits per heavy atom. The SMILES string of the molecule is O=C(O)c1cc(Cl)c2nnc(Cc3ccccc3Cl)n2c1. The molecule has 106 valence electrons. The summed E-state index contributed by atoms with van der Waals surface area (Å²) in [5.41, 5.74) is 1.38. The first-order valence-electron chi connectivity index (χ1n) is 6.06. The van der Waals surface area contributed by atoms with E-state index in [0.717, 1.165) is 5.56 Å². The van der Waals surface area contributed by atoms with Gasteiger partial charge < -0.3 is 5.11 Å². The van der Waals surface area contributed by atoms with Gasteiger partial charge in [0.15, 0.2) is 5.65 Å². The molecule has 0 aliphatic carbocycles. The zero-order chi connectivity index (χ0) is 15.0. The lowest BCUT2D eigenvalue weighted by molar-refractivity contribution is 0.0696. The third-order valence-electron chi connectivity index (χ3n) is 3.08. The predicted molar refractivity (Wildman–Crippen MR) is 79.2 cm³/mol. The quantitative estimate of drug-likeness (QED) is 0.803. The number of carbonyl (C=O) groups is 1. The zero-order valence-corrected chi connectivity index (χ0v) is 12.1. The Balaban J connectivity index is 2.11. The van der Waals surface area contributed by atoms with E-state index < -0.39 is 5.97 Å². The van der Waals surface area contributed by atoms with Crippen LogP contribution in [0.5, 0.6) is 0 Å².